The van der Waals surface area contributed by atoms with Gasteiger partial charge in [0.1, 0.15) is 0 Å². The molecule has 0 saturated carbocycles. The van der Waals surface area contributed by atoms with Gasteiger partial charge in [0.15, 0.2) is 0 Å². The van der Waals surface area contributed by atoms with E-state index >= 15 is 0 Å². The number of amides is 1. The third-order valence-electron chi connectivity index (χ3n) is 4.50. The van der Waals surface area contributed by atoms with Gasteiger partial charge in [0.05, 0.1) is 18.4 Å². The first kappa shape index (κ1) is 12.7. The van der Waals surface area contributed by atoms with Crippen molar-refractivity contribution in [3.63, 3.8) is 0 Å². The van der Waals surface area contributed by atoms with E-state index in [0.717, 1.165) is 38.9 Å². The van der Waals surface area contributed by atoms with Crippen molar-refractivity contribution in [2.75, 3.05) is 19.6 Å². The second-order valence-corrected chi connectivity index (χ2v) is 5.78. The van der Waals surface area contributed by atoms with E-state index in [1.54, 1.807) is 0 Å². The Morgan fingerprint density at radius 3 is 3.00 bits per heavy atom. The van der Waals surface area contributed by atoms with Crippen LogP contribution < -0.4 is 5.32 Å². The molecule has 1 amide bonds. The summed E-state index contributed by atoms with van der Waals surface area (Å²) in [5.41, 5.74) is 0. The highest BCUT2D eigenvalue weighted by molar-refractivity contribution is 5.82. The fraction of sp³-hybridized carbons (Fsp3) is 0.714. The summed E-state index contributed by atoms with van der Waals surface area (Å²) in [6, 6.07) is 0.415. The highest BCUT2D eigenvalue weighted by atomic mass is 16.2. The summed E-state index contributed by atoms with van der Waals surface area (Å²) >= 11 is 0. The van der Waals surface area contributed by atoms with Crippen LogP contribution in [-0.4, -0.2) is 46.0 Å². The zero-order valence-electron chi connectivity index (χ0n) is 11.5. The molecule has 104 valence electrons. The molecule has 0 bridgehead atoms. The predicted molar refractivity (Wildman–Crippen MR) is 72.6 cm³/mol. The lowest BCUT2D eigenvalue weighted by Gasteiger charge is -2.38. The highest BCUT2D eigenvalue weighted by Gasteiger charge is 2.33. The molecule has 3 heterocycles. The van der Waals surface area contributed by atoms with Crippen molar-refractivity contribution in [3.8, 4) is 0 Å². The second-order valence-electron chi connectivity index (χ2n) is 5.78. The van der Waals surface area contributed by atoms with Gasteiger partial charge in [-0.1, -0.05) is 6.92 Å². The van der Waals surface area contributed by atoms with Crippen LogP contribution in [0.5, 0.6) is 0 Å². The molecular weight excluding hydrogens is 240 g/mol. The Hall–Kier alpha value is -1.36. The average molecular weight is 262 g/mol. The fourth-order valence-corrected chi connectivity index (χ4v) is 3.22. The van der Waals surface area contributed by atoms with Crippen LogP contribution in [0.15, 0.2) is 18.7 Å². The van der Waals surface area contributed by atoms with Gasteiger partial charge >= 0.3 is 0 Å². The molecule has 0 spiro atoms. The van der Waals surface area contributed by atoms with Crippen LogP contribution in [0.25, 0.3) is 0 Å². The summed E-state index contributed by atoms with van der Waals surface area (Å²) in [6.45, 7) is 4.95. The number of hydrogen-bond donors (Lipinski definition) is 1. The van der Waals surface area contributed by atoms with E-state index < -0.39 is 0 Å². The second kappa shape index (κ2) is 5.33. The zero-order chi connectivity index (χ0) is 13.2. The first-order valence-electron chi connectivity index (χ1n) is 7.25. The van der Waals surface area contributed by atoms with Crippen molar-refractivity contribution in [2.45, 2.75) is 38.3 Å². The molecule has 19 heavy (non-hydrogen) atoms. The molecule has 0 radical (unpaired) electrons. The molecule has 3 unspecified atom stereocenters. The predicted octanol–water partition coefficient (Wildman–Crippen LogP) is 1.04. The molecular formula is C14H22N4O. The number of piperidine rings is 1. The molecule has 2 aliphatic heterocycles. The number of aromatic nitrogens is 2. The van der Waals surface area contributed by atoms with Gasteiger partial charge < -0.3 is 14.8 Å². The molecule has 3 atom stereocenters. The topological polar surface area (TPSA) is 50.2 Å². The minimum Gasteiger partial charge on any atom is -0.339 e. The lowest BCUT2D eigenvalue weighted by atomic mass is 9.93. The Kier molecular flexibility index (Phi) is 3.55. The Morgan fingerprint density at radius 1 is 1.42 bits per heavy atom. The fourth-order valence-electron chi connectivity index (χ4n) is 3.22. The number of nitrogens with zero attached hydrogens (tertiary/aromatic N) is 3. The number of carbonyl (C=O) groups is 1. The smallest absolute Gasteiger partial charge is 0.239 e. The Morgan fingerprint density at radius 2 is 2.32 bits per heavy atom. The highest BCUT2D eigenvalue weighted by Crippen LogP contribution is 2.28. The van der Waals surface area contributed by atoms with Crippen molar-refractivity contribution >= 4 is 5.91 Å². The minimum absolute atomic E-state index is 0.0526. The summed E-state index contributed by atoms with van der Waals surface area (Å²) in [4.78, 5) is 18.6. The third-order valence-corrected chi connectivity index (χ3v) is 4.50. The SMILES string of the molecule is CC1CCN(C(=O)C2CCCN2)CC1n1ccnc1. The summed E-state index contributed by atoms with van der Waals surface area (Å²) in [5, 5.41) is 3.30. The first-order chi connectivity index (χ1) is 9.25. The maximum absolute atomic E-state index is 12.5. The molecule has 5 nitrogen and oxygen atoms in total. The number of nitrogens with one attached hydrogen (secondary N) is 1. The van der Waals surface area contributed by atoms with E-state index in [2.05, 4.69) is 21.8 Å². The molecule has 0 aromatic carbocycles. The maximum atomic E-state index is 12.5. The Labute approximate surface area is 114 Å². The quantitative estimate of drug-likeness (QED) is 0.866. The molecule has 1 aromatic heterocycles. The monoisotopic (exact) mass is 262 g/mol. The first-order valence-corrected chi connectivity index (χ1v) is 7.25. The van der Waals surface area contributed by atoms with Crippen molar-refractivity contribution < 1.29 is 4.79 Å². The number of rotatable bonds is 2. The minimum atomic E-state index is 0.0526. The standard InChI is InChI=1S/C14H22N4O/c1-11-4-7-17(14(19)12-3-2-5-16-12)9-13(11)18-8-6-15-10-18/h6,8,10-13,16H,2-5,7,9H2,1H3. The van der Waals surface area contributed by atoms with E-state index in [0.29, 0.717) is 12.0 Å². The third kappa shape index (κ3) is 2.52. The number of carbonyl (C=O) groups excluding carboxylic acids is 1. The van der Waals surface area contributed by atoms with E-state index in [1.807, 2.05) is 23.6 Å². The Bertz CT molecular complexity index is 425. The van der Waals surface area contributed by atoms with Crippen molar-refractivity contribution in [2.24, 2.45) is 5.92 Å². The summed E-state index contributed by atoms with van der Waals surface area (Å²) in [6.07, 6.45) is 8.85. The van der Waals surface area contributed by atoms with E-state index in [9.17, 15) is 4.79 Å². The van der Waals surface area contributed by atoms with Gasteiger partial charge in [-0.2, -0.15) is 0 Å². The van der Waals surface area contributed by atoms with Crippen molar-refractivity contribution in [1.29, 1.82) is 0 Å². The number of imidazole rings is 1. The number of likely N-dealkylation sites (tertiary alicyclic amines) is 1. The zero-order valence-corrected chi connectivity index (χ0v) is 11.5. The van der Waals surface area contributed by atoms with Crippen LogP contribution in [0.2, 0.25) is 0 Å². The van der Waals surface area contributed by atoms with Crippen molar-refractivity contribution in [3.05, 3.63) is 18.7 Å². The van der Waals surface area contributed by atoms with Crippen LogP contribution in [0.4, 0.5) is 0 Å². The molecule has 0 aliphatic carbocycles. The molecule has 2 fully saturated rings. The lowest BCUT2D eigenvalue weighted by molar-refractivity contribution is -0.135. The summed E-state index contributed by atoms with van der Waals surface area (Å²) < 4.78 is 2.15. The van der Waals surface area contributed by atoms with Crippen LogP contribution in [0.3, 0.4) is 0 Å². The van der Waals surface area contributed by atoms with Gasteiger partial charge in [-0.05, 0) is 31.7 Å². The normalized spacial score (nSPS) is 31.6. The Balaban J connectivity index is 1.69. The molecule has 1 N–H and O–H groups in total. The van der Waals surface area contributed by atoms with Gasteiger partial charge in [0.2, 0.25) is 5.91 Å². The summed E-state index contributed by atoms with van der Waals surface area (Å²) in [7, 11) is 0. The lowest BCUT2D eigenvalue weighted by Crippen LogP contribution is -2.49. The van der Waals surface area contributed by atoms with Crippen molar-refractivity contribution in [1.82, 2.24) is 19.8 Å². The van der Waals surface area contributed by atoms with Crippen LogP contribution in [0, 0.1) is 5.92 Å². The van der Waals surface area contributed by atoms with Crippen LogP contribution in [0.1, 0.15) is 32.2 Å². The molecule has 3 rings (SSSR count). The van der Waals surface area contributed by atoms with E-state index in [-0.39, 0.29) is 11.9 Å². The van der Waals surface area contributed by atoms with E-state index in [4.69, 9.17) is 0 Å². The molecule has 5 heteroatoms. The number of hydrogen-bond acceptors (Lipinski definition) is 3. The van der Waals surface area contributed by atoms with Crippen LogP contribution in [-0.2, 0) is 4.79 Å². The average Bonchev–Trinajstić information content (AvgIpc) is 3.12. The van der Waals surface area contributed by atoms with Crippen LogP contribution >= 0.6 is 0 Å². The molecule has 2 aliphatic rings. The van der Waals surface area contributed by atoms with Gasteiger partial charge in [-0.25, -0.2) is 4.98 Å². The van der Waals surface area contributed by atoms with Gasteiger partial charge in [-0.3, -0.25) is 4.79 Å². The van der Waals surface area contributed by atoms with Gasteiger partial charge in [0.25, 0.3) is 0 Å². The maximum Gasteiger partial charge on any atom is 0.239 e. The summed E-state index contributed by atoms with van der Waals surface area (Å²) in [5.74, 6) is 0.879. The molecule has 1 aromatic rings. The van der Waals surface area contributed by atoms with E-state index in [1.165, 1.54) is 0 Å². The largest absolute Gasteiger partial charge is 0.339 e. The van der Waals surface area contributed by atoms with Gasteiger partial charge in [0, 0.05) is 25.5 Å². The molecule has 2 saturated heterocycles. The van der Waals surface area contributed by atoms with Gasteiger partial charge in [-0.15, -0.1) is 0 Å².